The van der Waals surface area contributed by atoms with Crippen molar-refractivity contribution in [3.05, 3.63) is 468 Å². The Balaban J connectivity index is 0.000000106. The normalized spacial score (nSPS) is 11.7. The van der Waals surface area contributed by atoms with Crippen molar-refractivity contribution in [2.24, 2.45) is 0 Å². The van der Waals surface area contributed by atoms with Crippen LogP contribution in [0.25, 0.3) is 258 Å². The van der Waals surface area contributed by atoms with Gasteiger partial charge in [0.05, 0.1) is 17.1 Å². The molecule has 0 saturated heterocycles. The average molecular weight is 1720 g/mol. The number of fused-ring (bicyclic) bond motifs is 19. The van der Waals surface area contributed by atoms with Crippen LogP contribution in [0.5, 0.6) is 0 Å². The molecule has 610 valence electrons. The Bertz CT molecular complexity index is 9010. The first-order chi connectivity index (χ1) is 65.0. The van der Waals surface area contributed by atoms with Crippen LogP contribution in [0.2, 0.25) is 0 Å². The van der Waals surface area contributed by atoms with Crippen molar-refractivity contribution < 1.29 is 0 Å². The summed E-state index contributed by atoms with van der Waals surface area (Å²) in [4.78, 5) is 15.1. The van der Waals surface area contributed by atoms with Gasteiger partial charge in [-0.2, -0.15) is 0 Å². The van der Waals surface area contributed by atoms with Crippen LogP contribution in [-0.2, 0) is 0 Å². The summed E-state index contributed by atoms with van der Waals surface area (Å²) in [6, 6.07) is 162. The molecule has 0 amide bonds. The van der Waals surface area contributed by atoms with Crippen molar-refractivity contribution in [3.63, 3.8) is 0 Å². The van der Waals surface area contributed by atoms with E-state index in [4.69, 9.17) is 15.0 Å². The second-order valence-electron chi connectivity index (χ2n) is 33.7. The molecule has 6 heterocycles. The zero-order valence-electron chi connectivity index (χ0n) is 71.0. The van der Waals surface area contributed by atoms with Crippen molar-refractivity contribution >= 4 is 181 Å². The molecule has 131 heavy (non-hydrogen) atoms. The number of hydrogen-bond acceptors (Lipinski definition) is 6. The topological polar surface area (TPSA) is 38.7 Å². The number of thiophene rings is 3. The highest BCUT2D eigenvalue weighted by Crippen LogP contribution is 2.51. The molecule has 27 aromatic rings. The van der Waals surface area contributed by atoms with Gasteiger partial charge in [-0.1, -0.05) is 406 Å². The lowest BCUT2D eigenvalue weighted by atomic mass is 9.86. The van der Waals surface area contributed by atoms with Crippen LogP contribution in [0.15, 0.2) is 468 Å². The van der Waals surface area contributed by atoms with E-state index in [0.717, 1.165) is 44.9 Å². The molecular formula is C125H77N3S3. The largest absolute Gasteiger partial charge is 0.256 e. The number of pyridine rings is 3. The van der Waals surface area contributed by atoms with Crippen molar-refractivity contribution in [2.45, 2.75) is 0 Å². The minimum absolute atomic E-state index is 0.971. The Morgan fingerprint density at radius 2 is 0.443 bits per heavy atom. The van der Waals surface area contributed by atoms with Crippen LogP contribution in [-0.4, -0.2) is 15.0 Å². The van der Waals surface area contributed by atoms with Gasteiger partial charge in [-0.05, 0) is 190 Å². The second kappa shape index (κ2) is 32.6. The van der Waals surface area contributed by atoms with Gasteiger partial charge in [0.1, 0.15) is 0 Å². The Kier molecular flexibility index (Phi) is 19.2. The van der Waals surface area contributed by atoms with E-state index in [1.807, 2.05) is 46.4 Å². The summed E-state index contributed by atoms with van der Waals surface area (Å²) in [6.07, 6.45) is 6.15. The van der Waals surface area contributed by atoms with Crippen LogP contribution in [0, 0.1) is 0 Å². The van der Waals surface area contributed by atoms with Gasteiger partial charge >= 0.3 is 0 Å². The van der Waals surface area contributed by atoms with Gasteiger partial charge in [0.25, 0.3) is 0 Å². The molecule has 0 aliphatic heterocycles. The van der Waals surface area contributed by atoms with Gasteiger partial charge in [-0.3, -0.25) is 15.0 Å². The first kappa shape index (κ1) is 77.2. The predicted molar refractivity (Wildman–Crippen MR) is 566 cm³/mol. The first-order valence-corrected chi connectivity index (χ1v) is 47.0. The van der Waals surface area contributed by atoms with E-state index in [1.165, 1.54) is 213 Å². The molecule has 3 nitrogen and oxygen atoms in total. The zero-order chi connectivity index (χ0) is 86.4. The summed E-state index contributed by atoms with van der Waals surface area (Å²) in [5, 5.41) is 28.1. The fourth-order valence-corrected chi connectivity index (χ4v) is 24.0. The average Bonchev–Trinajstić information content (AvgIpc) is 1.69. The monoisotopic (exact) mass is 1720 g/mol. The summed E-state index contributed by atoms with van der Waals surface area (Å²) < 4.78 is 7.94. The van der Waals surface area contributed by atoms with E-state index in [9.17, 15) is 0 Å². The lowest BCUT2D eigenvalue weighted by Gasteiger charge is -2.17. The fraction of sp³-hybridized carbons (Fsp3) is 0. The third kappa shape index (κ3) is 13.5. The van der Waals surface area contributed by atoms with Crippen LogP contribution in [0.3, 0.4) is 0 Å². The van der Waals surface area contributed by atoms with Gasteiger partial charge in [-0.15, -0.1) is 34.0 Å². The van der Waals surface area contributed by atoms with E-state index in [-0.39, 0.29) is 0 Å². The van der Waals surface area contributed by atoms with Gasteiger partial charge in [0.2, 0.25) is 0 Å². The lowest BCUT2D eigenvalue weighted by molar-refractivity contribution is 1.33. The molecule has 6 aromatic heterocycles. The van der Waals surface area contributed by atoms with Gasteiger partial charge in [0.15, 0.2) is 0 Å². The highest BCUT2D eigenvalue weighted by atomic mass is 32.1. The molecule has 0 fully saturated rings. The molecule has 0 aliphatic rings. The zero-order valence-corrected chi connectivity index (χ0v) is 73.5. The quantitative estimate of drug-likeness (QED) is 0.128. The lowest BCUT2D eigenvalue weighted by Crippen LogP contribution is -1.92. The van der Waals surface area contributed by atoms with Crippen molar-refractivity contribution in [3.8, 4) is 112 Å². The van der Waals surface area contributed by atoms with Gasteiger partial charge < -0.3 is 0 Å². The van der Waals surface area contributed by atoms with E-state index in [2.05, 4.69) is 455 Å². The van der Waals surface area contributed by atoms with Crippen molar-refractivity contribution in [1.82, 2.24) is 15.0 Å². The summed E-state index contributed by atoms with van der Waals surface area (Å²) in [5.74, 6) is 0. The number of benzene rings is 21. The van der Waals surface area contributed by atoms with Crippen molar-refractivity contribution in [2.75, 3.05) is 0 Å². The first-order valence-electron chi connectivity index (χ1n) is 44.6. The Hall–Kier alpha value is -16.2. The third-order valence-corrected chi connectivity index (χ3v) is 30.0. The van der Waals surface area contributed by atoms with Gasteiger partial charge in [0, 0.05) is 112 Å². The smallest absolute Gasteiger partial charge is 0.0716 e. The minimum Gasteiger partial charge on any atom is -0.256 e. The molecule has 0 unspecified atom stereocenters. The molecule has 21 aromatic carbocycles. The molecule has 0 saturated carbocycles. The standard InChI is InChI=1S/C43H27NS.2C41H25NS/c1-2-10-30(11-3-1)42-34-13-4-6-15-36(34)43(37-16-7-5-14-35(37)42)32-22-24-39(44-27-32)29-20-18-28(19-21-29)31-23-25-41-38(26-31)33-12-8-9-17-40(33)45-41;1-2-12-27(13-3-1)38-30-15-6-8-17-32(30)39(33-18-9-7-16-31(33)38)28-22-24-37(42-25-28)36-20-10-19-34-35-23-21-26-11-4-5-14-29(26)40(35)43-41(34)36;1-2-11-27(12-3-1)39-32-14-6-8-16-34(32)40(35-17-9-7-15-33(35)39)29-20-23-37(42-25-29)28-19-21-31-36-22-18-26-10-4-5-13-30(26)41(36)43-38(31)24-28/h1-27H;2*1-25H. The highest BCUT2D eigenvalue weighted by Gasteiger charge is 2.23. The molecular weight excluding hydrogens is 1640 g/mol. The molecule has 0 spiro atoms. The Morgan fingerprint density at radius 3 is 0.878 bits per heavy atom. The number of nitrogens with zero attached hydrogens (tertiary/aromatic N) is 3. The van der Waals surface area contributed by atoms with E-state index in [1.54, 1.807) is 0 Å². The maximum Gasteiger partial charge on any atom is 0.0716 e. The van der Waals surface area contributed by atoms with Crippen LogP contribution >= 0.6 is 34.0 Å². The number of hydrogen-bond donors (Lipinski definition) is 0. The van der Waals surface area contributed by atoms with E-state index >= 15 is 0 Å². The van der Waals surface area contributed by atoms with Crippen LogP contribution in [0.4, 0.5) is 0 Å². The number of aromatic nitrogens is 3. The third-order valence-electron chi connectivity index (χ3n) is 26.4. The maximum atomic E-state index is 5.11. The molecule has 0 N–H and O–H groups in total. The molecule has 0 bridgehead atoms. The highest BCUT2D eigenvalue weighted by molar-refractivity contribution is 7.27. The summed E-state index contributed by atoms with van der Waals surface area (Å²) in [7, 11) is 0. The van der Waals surface area contributed by atoms with Crippen LogP contribution < -0.4 is 0 Å². The molecule has 0 atom stereocenters. The fourth-order valence-electron chi connectivity index (χ4n) is 20.3. The molecule has 27 rings (SSSR count). The Morgan fingerprint density at radius 1 is 0.137 bits per heavy atom. The van der Waals surface area contributed by atoms with Crippen molar-refractivity contribution in [1.29, 1.82) is 0 Å². The SMILES string of the molecule is c1ccc(-c2c3ccccc3c(-c3ccc(-c4ccc(-c5ccc6sc7ccccc7c6c5)cc4)nc3)c3ccccc23)cc1.c1ccc(-c2c3ccccc3c(-c3ccc(-c4ccc5c(c4)sc4c6ccccc6ccc54)nc3)c3ccccc23)cc1.c1ccc(-c2c3ccccc3c(-c3ccc(-c4cccc5c4sc4c6ccccc6ccc54)nc3)c3ccccc23)cc1. The molecule has 0 aliphatic carbocycles. The van der Waals surface area contributed by atoms with E-state index < -0.39 is 0 Å². The molecule has 0 radical (unpaired) electrons. The molecule has 6 heteroatoms. The van der Waals surface area contributed by atoms with E-state index in [0.29, 0.717) is 0 Å². The van der Waals surface area contributed by atoms with Gasteiger partial charge in [-0.25, -0.2) is 0 Å². The minimum atomic E-state index is 0.971. The maximum absolute atomic E-state index is 5.11. The summed E-state index contributed by atoms with van der Waals surface area (Å²) in [6.45, 7) is 0. The summed E-state index contributed by atoms with van der Waals surface area (Å²) >= 11 is 5.61. The second-order valence-corrected chi connectivity index (χ2v) is 36.9. The number of rotatable bonds is 10. The Labute approximate surface area is 768 Å². The van der Waals surface area contributed by atoms with Crippen LogP contribution in [0.1, 0.15) is 0 Å². The predicted octanol–water partition coefficient (Wildman–Crippen LogP) is 36.2. The summed E-state index contributed by atoms with van der Waals surface area (Å²) in [5.41, 5.74) is 23.5.